The van der Waals surface area contributed by atoms with E-state index in [0.717, 1.165) is 17.9 Å². The molecule has 0 aliphatic carbocycles. The fourth-order valence-corrected chi connectivity index (χ4v) is 2.25. The molecule has 100 valence electrons. The van der Waals surface area contributed by atoms with Gasteiger partial charge in [0.25, 0.3) is 0 Å². The molecule has 0 spiro atoms. The van der Waals surface area contributed by atoms with Gasteiger partial charge >= 0.3 is 0 Å². The van der Waals surface area contributed by atoms with Gasteiger partial charge in [0.1, 0.15) is 11.5 Å². The minimum atomic E-state index is 0.522. The Morgan fingerprint density at radius 1 is 1.05 bits per heavy atom. The van der Waals surface area contributed by atoms with Crippen LogP contribution in [-0.4, -0.2) is 6.71 Å². The van der Waals surface area contributed by atoms with E-state index >= 15 is 0 Å². The molecule has 20 heavy (non-hydrogen) atoms. The Bertz CT molecular complexity index is 626. The quantitative estimate of drug-likeness (QED) is 0.784. The molecule has 0 N–H and O–H groups in total. The van der Waals surface area contributed by atoms with E-state index in [2.05, 4.69) is 38.8 Å². The van der Waals surface area contributed by atoms with Crippen molar-refractivity contribution in [3.8, 4) is 17.6 Å². The minimum Gasteiger partial charge on any atom is -0.457 e. The summed E-state index contributed by atoms with van der Waals surface area (Å²) >= 11 is 0. The highest BCUT2D eigenvalue weighted by Gasteiger charge is 2.09. The molecule has 0 heterocycles. The van der Waals surface area contributed by atoms with Gasteiger partial charge in [0.2, 0.25) is 0 Å². The zero-order valence-corrected chi connectivity index (χ0v) is 12.2. The molecule has 0 unspecified atom stereocenters. The van der Waals surface area contributed by atoms with Crippen LogP contribution in [0, 0.1) is 11.3 Å². The van der Waals surface area contributed by atoms with Crippen LogP contribution < -0.4 is 10.2 Å². The number of rotatable bonds is 4. The highest BCUT2D eigenvalue weighted by molar-refractivity contribution is 6.71. The predicted molar refractivity (Wildman–Crippen MR) is 84.2 cm³/mol. The molecular weight excluding hydrogens is 245 g/mol. The summed E-state index contributed by atoms with van der Waals surface area (Å²) in [5, 5.41) is 8.78. The summed E-state index contributed by atoms with van der Waals surface area (Å²) in [7, 11) is 0. The first-order valence-electron chi connectivity index (χ1n) is 6.95. The lowest BCUT2D eigenvalue weighted by molar-refractivity contribution is 0.482. The van der Waals surface area contributed by atoms with Crippen molar-refractivity contribution in [3.63, 3.8) is 0 Å². The molecule has 0 fully saturated rings. The van der Waals surface area contributed by atoms with Gasteiger partial charge in [0, 0.05) is 0 Å². The van der Waals surface area contributed by atoms with Crippen molar-refractivity contribution in [2.24, 2.45) is 0 Å². The second-order valence-electron chi connectivity index (χ2n) is 5.11. The molecule has 2 rings (SSSR count). The Hall–Kier alpha value is -2.21. The average Bonchev–Trinajstić information content (AvgIpc) is 2.47. The maximum atomic E-state index is 8.78. The van der Waals surface area contributed by atoms with Gasteiger partial charge in [-0.05, 0) is 42.8 Å². The summed E-state index contributed by atoms with van der Waals surface area (Å²) in [6.45, 7) is 7.09. The van der Waals surface area contributed by atoms with E-state index in [0.29, 0.717) is 12.3 Å². The molecule has 0 saturated carbocycles. The first-order valence-corrected chi connectivity index (χ1v) is 6.95. The van der Waals surface area contributed by atoms with Crippen LogP contribution in [0.15, 0.2) is 42.5 Å². The molecule has 0 aromatic heterocycles. The Kier molecular flexibility index (Phi) is 4.47. The molecule has 2 aromatic carbocycles. The summed E-state index contributed by atoms with van der Waals surface area (Å²) in [4.78, 5) is 0. The third kappa shape index (κ3) is 3.21. The van der Waals surface area contributed by atoms with Crippen molar-refractivity contribution in [1.82, 2.24) is 0 Å². The minimum absolute atomic E-state index is 0.522. The number of ether oxygens (including phenoxy) is 1. The van der Waals surface area contributed by atoms with E-state index in [-0.39, 0.29) is 0 Å². The van der Waals surface area contributed by atoms with Crippen molar-refractivity contribution < 1.29 is 4.74 Å². The van der Waals surface area contributed by atoms with E-state index in [1.807, 2.05) is 18.2 Å². The third-order valence-corrected chi connectivity index (χ3v) is 3.34. The van der Waals surface area contributed by atoms with Gasteiger partial charge in [-0.1, -0.05) is 37.7 Å². The van der Waals surface area contributed by atoms with Crippen LogP contribution in [0.5, 0.6) is 11.5 Å². The zero-order valence-electron chi connectivity index (χ0n) is 12.2. The van der Waals surface area contributed by atoms with Gasteiger partial charge < -0.3 is 4.74 Å². The second kappa shape index (κ2) is 6.30. The van der Waals surface area contributed by atoms with Gasteiger partial charge in [-0.3, -0.25) is 0 Å². The molecule has 0 bridgehead atoms. The Morgan fingerprint density at radius 2 is 1.70 bits per heavy atom. The van der Waals surface area contributed by atoms with E-state index in [1.54, 1.807) is 12.1 Å². The van der Waals surface area contributed by atoms with Crippen LogP contribution in [-0.2, 0) is 6.42 Å². The largest absolute Gasteiger partial charge is 0.457 e. The summed E-state index contributed by atoms with van der Waals surface area (Å²) in [5.74, 6) is 1.60. The van der Waals surface area contributed by atoms with Crippen molar-refractivity contribution in [2.45, 2.75) is 27.0 Å². The summed E-state index contributed by atoms with van der Waals surface area (Å²) in [6, 6.07) is 15.5. The van der Waals surface area contributed by atoms with Crippen molar-refractivity contribution in [3.05, 3.63) is 53.6 Å². The molecule has 0 aliphatic rings. The molecule has 0 saturated heterocycles. The highest BCUT2D eigenvalue weighted by Crippen LogP contribution is 2.22. The van der Waals surface area contributed by atoms with Gasteiger partial charge in [-0.2, -0.15) is 5.26 Å². The zero-order chi connectivity index (χ0) is 14.5. The normalized spacial score (nSPS) is 9.90. The molecule has 3 heteroatoms. The highest BCUT2D eigenvalue weighted by atomic mass is 16.5. The smallest absolute Gasteiger partial charge is 0.169 e. The first-order chi connectivity index (χ1) is 9.63. The van der Waals surface area contributed by atoms with Crippen LogP contribution in [0.25, 0.3) is 0 Å². The van der Waals surface area contributed by atoms with E-state index in [1.165, 1.54) is 11.0 Å². The number of benzene rings is 2. The van der Waals surface area contributed by atoms with Gasteiger partial charge in [0.15, 0.2) is 6.71 Å². The molecule has 0 amide bonds. The van der Waals surface area contributed by atoms with Gasteiger partial charge in [-0.25, -0.2) is 0 Å². The van der Waals surface area contributed by atoms with E-state index < -0.39 is 0 Å². The lowest BCUT2D eigenvalue weighted by atomic mass is 9.48. The van der Waals surface area contributed by atoms with E-state index in [4.69, 9.17) is 10.00 Å². The molecular formula is C17H18BNO. The average molecular weight is 263 g/mol. The van der Waals surface area contributed by atoms with Crippen molar-refractivity contribution in [2.75, 3.05) is 0 Å². The third-order valence-electron chi connectivity index (χ3n) is 3.34. The Balaban J connectivity index is 2.23. The van der Waals surface area contributed by atoms with Crippen LogP contribution >= 0.6 is 0 Å². The standard InChI is InChI=1S/C17H18BNO/c1-4-14-11-16(9-10-17(14)18(2)3)20-15-7-5-13(12-19)6-8-15/h5-11H,4H2,1-3H3. The van der Waals surface area contributed by atoms with Crippen LogP contribution in [0.2, 0.25) is 13.6 Å². The van der Waals surface area contributed by atoms with Crippen LogP contribution in [0.3, 0.4) is 0 Å². The maximum Gasteiger partial charge on any atom is 0.169 e. The number of nitriles is 1. The molecule has 2 nitrogen and oxygen atoms in total. The van der Waals surface area contributed by atoms with Crippen LogP contribution in [0.4, 0.5) is 0 Å². The number of aryl methyl sites for hydroxylation is 1. The monoisotopic (exact) mass is 263 g/mol. The van der Waals surface area contributed by atoms with E-state index in [9.17, 15) is 0 Å². The first kappa shape index (κ1) is 14.2. The van der Waals surface area contributed by atoms with Crippen molar-refractivity contribution in [1.29, 1.82) is 5.26 Å². The van der Waals surface area contributed by atoms with Crippen molar-refractivity contribution >= 4 is 12.2 Å². The summed E-state index contributed by atoms with van der Waals surface area (Å²) in [5.41, 5.74) is 3.34. The molecule has 0 radical (unpaired) electrons. The topological polar surface area (TPSA) is 33.0 Å². The lowest BCUT2D eigenvalue weighted by Gasteiger charge is -2.12. The Labute approximate surface area is 121 Å². The fraction of sp³-hybridized carbons (Fsp3) is 0.235. The van der Waals surface area contributed by atoms with Crippen LogP contribution in [0.1, 0.15) is 18.1 Å². The van der Waals surface area contributed by atoms with Gasteiger partial charge in [-0.15, -0.1) is 0 Å². The fourth-order valence-electron chi connectivity index (χ4n) is 2.25. The number of nitrogens with zero attached hydrogens (tertiary/aromatic N) is 1. The molecule has 2 aromatic rings. The Morgan fingerprint density at radius 3 is 2.25 bits per heavy atom. The summed E-state index contributed by atoms with van der Waals surface area (Å²) < 4.78 is 5.85. The SMILES string of the molecule is CCc1cc(Oc2ccc(C#N)cc2)ccc1B(C)C. The lowest BCUT2D eigenvalue weighted by Crippen LogP contribution is -2.26. The predicted octanol–water partition coefficient (Wildman–Crippen LogP) is 3.87. The molecule has 0 aliphatic heterocycles. The number of hydrogen-bond acceptors (Lipinski definition) is 2. The number of hydrogen-bond donors (Lipinski definition) is 0. The second-order valence-corrected chi connectivity index (χ2v) is 5.11. The summed E-state index contributed by atoms with van der Waals surface area (Å²) in [6.07, 6.45) is 0.998. The van der Waals surface area contributed by atoms with Gasteiger partial charge in [0.05, 0.1) is 11.6 Å². The maximum absolute atomic E-state index is 8.78. The molecule has 0 atom stereocenters.